The maximum Gasteiger partial charge on any atom is 0.379 e. The van der Waals surface area contributed by atoms with Gasteiger partial charge in [-0.1, -0.05) is 15.9 Å². The van der Waals surface area contributed by atoms with E-state index in [1.807, 2.05) is 0 Å². The van der Waals surface area contributed by atoms with Gasteiger partial charge in [-0.3, -0.25) is 0 Å². The van der Waals surface area contributed by atoms with Crippen molar-refractivity contribution in [1.29, 1.82) is 0 Å². The monoisotopic (exact) mass is 403 g/mol. The molecule has 4 N–H and O–H groups in total. The van der Waals surface area contributed by atoms with Gasteiger partial charge in [0.25, 0.3) is 0 Å². The van der Waals surface area contributed by atoms with Gasteiger partial charge in [-0.2, -0.15) is 8.78 Å². The van der Waals surface area contributed by atoms with E-state index < -0.39 is 40.8 Å². The molecular formula is C12H13BrClF2NO5. The first-order valence-electron chi connectivity index (χ1n) is 5.69. The average molecular weight is 405 g/mol. The number of ether oxygens (including phenoxy) is 1. The Morgan fingerprint density at radius 1 is 1.45 bits per heavy atom. The number of phenols is 1. The van der Waals surface area contributed by atoms with E-state index in [9.17, 15) is 23.5 Å². The number of halogens is 4. The van der Waals surface area contributed by atoms with Gasteiger partial charge in [0.2, 0.25) is 0 Å². The van der Waals surface area contributed by atoms with Crippen molar-refractivity contribution in [3.8, 4) is 5.75 Å². The lowest BCUT2D eigenvalue weighted by atomic mass is 9.97. The molecule has 0 aromatic heterocycles. The molecule has 1 aromatic rings. The molecule has 1 atom stereocenters. The summed E-state index contributed by atoms with van der Waals surface area (Å²) in [6.07, 6.45) is 0. The Morgan fingerprint density at radius 2 is 2.00 bits per heavy atom. The molecule has 0 aliphatic heterocycles. The Kier molecular flexibility index (Phi) is 7.20. The van der Waals surface area contributed by atoms with Crippen LogP contribution in [-0.4, -0.2) is 34.7 Å². The largest absolute Gasteiger partial charge is 0.507 e. The second-order valence-electron chi connectivity index (χ2n) is 3.98. The maximum absolute atomic E-state index is 13.9. The molecule has 0 aliphatic rings. The van der Waals surface area contributed by atoms with Crippen LogP contribution in [-0.2, 0) is 9.53 Å². The summed E-state index contributed by atoms with van der Waals surface area (Å²) in [5.41, 5.74) is 4.14. The van der Waals surface area contributed by atoms with Crippen LogP contribution in [0.4, 0.5) is 8.78 Å². The van der Waals surface area contributed by atoms with Crippen LogP contribution in [0.3, 0.4) is 0 Å². The number of carboxylic acid groups (broad SMARTS) is 1. The quantitative estimate of drug-likeness (QED) is 0.650. The zero-order valence-electron chi connectivity index (χ0n) is 11.2. The van der Waals surface area contributed by atoms with Gasteiger partial charge >= 0.3 is 17.9 Å². The lowest BCUT2D eigenvalue weighted by molar-refractivity contribution is -0.174. The molecule has 6 nitrogen and oxygen atoms in total. The van der Waals surface area contributed by atoms with E-state index in [-0.39, 0.29) is 23.5 Å². The second kappa shape index (κ2) is 7.70. The first-order chi connectivity index (χ1) is 9.64. The number of benzene rings is 1. The van der Waals surface area contributed by atoms with Crippen LogP contribution < -0.4 is 5.73 Å². The number of aromatic carboxylic acids is 1. The SMILES string of the molecule is CCOC(=O)C(F)(F)[C@H](N)c1c(Br)ccc(C(=O)O)c1O.Cl. The number of hydrogen-bond donors (Lipinski definition) is 3. The molecule has 0 saturated carbocycles. The van der Waals surface area contributed by atoms with Gasteiger partial charge in [-0.25, -0.2) is 9.59 Å². The normalized spacial score (nSPS) is 12.2. The van der Waals surface area contributed by atoms with Crippen LogP contribution in [0.25, 0.3) is 0 Å². The lowest BCUT2D eigenvalue weighted by Crippen LogP contribution is -2.42. The molecule has 1 aromatic carbocycles. The Morgan fingerprint density at radius 3 is 2.45 bits per heavy atom. The van der Waals surface area contributed by atoms with Crippen molar-refractivity contribution >= 4 is 40.3 Å². The fraction of sp³-hybridized carbons (Fsp3) is 0.333. The van der Waals surface area contributed by atoms with E-state index in [0.29, 0.717) is 0 Å². The number of esters is 1. The van der Waals surface area contributed by atoms with E-state index in [0.717, 1.165) is 12.1 Å². The highest BCUT2D eigenvalue weighted by Gasteiger charge is 2.49. The molecule has 22 heavy (non-hydrogen) atoms. The molecule has 0 amide bonds. The summed E-state index contributed by atoms with van der Waals surface area (Å²) in [6.45, 7) is 1.07. The molecule has 0 saturated heterocycles. The van der Waals surface area contributed by atoms with Gasteiger partial charge in [-0.15, -0.1) is 12.4 Å². The number of hydrogen-bond acceptors (Lipinski definition) is 5. The van der Waals surface area contributed by atoms with Gasteiger partial charge < -0.3 is 20.7 Å². The fourth-order valence-electron chi connectivity index (χ4n) is 1.59. The minimum absolute atomic E-state index is 0. The van der Waals surface area contributed by atoms with Crippen molar-refractivity contribution in [1.82, 2.24) is 0 Å². The highest BCUT2D eigenvalue weighted by atomic mass is 79.9. The van der Waals surface area contributed by atoms with Crippen LogP contribution in [0.15, 0.2) is 16.6 Å². The average Bonchev–Trinajstić information content (AvgIpc) is 2.38. The highest BCUT2D eigenvalue weighted by Crippen LogP contribution is 2.40. The summed E-state index contributed by atoms with van der Waals surface area (Å²) >= 11 is 2.89. The Labute approximate surface area is 138 Å². The molecule has 124 valence electrons. The third kappa shape index (κ3) is 3.84. The number of alkyl halides is 2. The first-order valence-corrected chi connectivity index (χ1v) is 6.49. The fourth-order valence-corrected chi connectivity index (χ4v) is 2.15. The number of carbonyl (C=O) groups excluding carboxylic acids is 1. The van der Waals surface area contributed by atoms with E-state index >= 15 is 0 Å². The minimum atomic E-state index is -4.13. The summed E-state index contributed by atoms with van der Waals surface area (Å²) in [7, 11) is 0. The molecule has 0 heterocycles. The molecule has 0 spiro atoms. The van der Waals surface area contributed by atoms with E-state index in [4.69, 9.17) is 10.8 Å². The third-order valence-corrected chi connectivity index (χ3v) is 3.33. The van der Waals surface area contributed by atoms with Crippen molar-refractivity contribution in [2.45, 2.75) is 18.9 Å². The summed E-state index contributed by atoms with van der Waals surface area (Å²) in [4.78, 5) is 22.2. The summed E-state index contributed by atoms with van der Waals surface area (Å²) in [6, 6.07) is -0.120. The number of aromatic hydroxyl groups is 1. The molecular weight excluding hydrogens is 391 g/mol. The first kappa shape index (κ1) is 20.6. The smallest absolute Gasteiger partial charge is 0.379 e. The molecule has 0 fully saturated rings. The number of carboxylic acids is 1. The van der Waals surface area contributed by atoms with Crippen molar-refractivity contribution in [2.24, 2.45) is 5.73 Å². The van der Waals surface area contributed by atoms with Crippen LogP contribution >= 0.6 is 28.3 Å². The molecule has 0 aliphatic carbocycles. The van der Waals surface area contributed by atoms with Gasteiger partial charge in [-0.05, 0) is 19.1 Å². The predicted molar refractivity (Wildman–Crippen MR) is 78.5 cm³/mol. The van der Waals surface area contributed by atoms with E-state index in [1.165, 1.54) is 6.92 Å². The predicted octanol–water partition coefficient (Wildman–Crippen LogP) is 2.47. The number of nitrogens with two attached hydrogens (primary N) is 1. The zero-order chi connectivity index (χ0) is 16.4. The highest BCUT2D eigenvalue weighted by molar-refractivity contribution is 9.10. The number of rotatable bonds is 5. The molecule has 0 unspecified atom stereocenters. The third-order valence-electron chi connectivity index (χ3n) is 2.64. The van der Waals surface area contributed by atoms with Gasteiger partial charge in [0.1, 0.15) is 17.4 Å². The zero-order valence-corrected chi connectivity index (χ0v) is 13.6. The summed E-state index contributed by atoms with van der Waals surface area (Å²) in [5, 5.41) is 18.7. The molecule has 0 radical (unpaired) electrons. The molecule has 10 heteroatoms. The second-order valence-corrected chi connectivity index (χ2v) is 4.84. The standard InChI is InChI=1S/C12H12BrF2NO5.ClH/c1-2-21-11(20)12(14,15)9(16)7-6(13)4-3-5(8(7)17)10(18)19;/h3-4,9,17H,2,16H2,1H3,(H,18,19);1H/t9-;/m1./s1. The number of carbonyl (C=O) groups is 2. The van der Waals surface area contributed by atoms with Crippen molar-refractivity contribution in [3.63, 3.8) is 0 Å². The van der Waals surface area contributed by atoms with Crippen molar-refractivity contribution in [2.75, 3.05) is 6.61 Å². The van der Waals surface area contributed by atoms with Crippen molar-refractivity contribution in [3.05, 3.63) is 27.7 Å². The Bertz CT molecular complexity index is 585. The van der Waals surface area contributed by atoms with Crippen LogP contribution in [0.5, 0.6) is 5.75 Å². The Hall–Kier alpha value is -1.45. The lowest BCUT2D eigenvalue weighted by Gasteiger charge is -2.23. The van der Waals surface area contributed by atoms with E-state index in [2.05, 4.69) is 20.7 Å². The molecule has 1 rings (SSSR count). The van der Waals surface area contributed by atoms with Crippen LogP contribution in [0.1, 0.15) is 28.9 Å². The van der Waals surface area contributed by atoms with Gasteiger partial charge in [0, 0.05) is 10.0 Å². The maximum atomic E-state index is 13.9. The van der Waals surface area contributed by atoms with Crippen LogP contribution in [0.2, 0.25) is 0 Å². The van der Waals surface area contributed by atoms with Crippen LogP contribution in [0, 0.1) is 0 Å². The minimum Gasteiger partial charge on any atom is -0.507 e. The Balaban J connectivity index is 0.00000441. The molecule has 0 bridgehead atoms. The summed E-state index contributed by atoms with van der Waals surface area (Å²) in [5.74, 6) is -8.45. The summed E-state index contributed by atoms with van der Waals surface area (Å²) < 4.78 is 32.0. The van der Waals surface area contributed by atoms with Gasteiger partial charge in [0.05, 0.1) is 6.61 Å². The van der Waals surface area contributed by atoms with Crippen molar-refractivity contribution < 1.29 is 33.3 Å². The van der Waals surface area contributed by atoms with E-state index in [1.54, 1.807) is 0 Å². The topological polar surface area (TPSA) is 110 Å². The van der Waals surface area contributed by atoms with Gasteiger partial charge in [0.15, 0.2) is 0 Å².